The zero-order valence-corrected chi connectivity index (χ0v) is 14.3. The van der Waals surface area contributed by atoms with Crippen LogP contribution in [0.1, 0.15) is 12.8 Å². The van der Waals surface area contributed by atoms with E-state index in [1.165, 1.54) is 0 Å². The Kier molecular flexibility index (Phi) is 6.29. The number of ether oxygens (including phenoxy) is 2. The zero-order chi connectivity index (χ0) is 17.3. The van der Waals surface area contributed by atoms with Crippen LogP contribution in [-0.2, 0) is 9.53 Å². The summed E-state index contributed by atoms with van der Waals surface area (Å²) in [5.74, 6) is 0.844. The number of hydrogen-bond donors (Lipinski definition) is 1. The maximum Gasteiger partial charge on any atom is 0.224 e. The van der Waals surface area contributed by atoms with Gasteiger partial charge in [0.05, 0.1) is 19.8 Å². The molecule has 0 spiro atoms. The van der Waals surface area contributed by atoms with Crippen molar-refractivity contribution in [3.05, 3.63) is 54.6 Å². The predicted octanol–water partition coefficient (Wildman–Crippen LogP) is 3.32. The second-order valence-electron chi connectivity index (χ2n) is 5.96. The molecule has 0 aromatic heterocycles. The summed E-state index contributed by atoms with van der Waals surface area (Å²) in [4.78, 5) is 14.4. The summed E-state index contributed by atoms with van der Waals surface area (Å²) in [6.07, 6.45) is 1.12. The van der Waals surface area contributed by atoms with Crippen LogP contribution < -0.4 is 15.0 Å². The molecule has 1 fully saturated rings. The lowest BCUT2D eigenvalue weighted by Gasteiger charge is -2.29. The van der Waals surface area contributed by atoms with Gasteiger partial charge in [0.15, 0.2) is 0 Å². The molecule has 0 unspecified atom stereocenters. The summed E-state index contributed by atoms with van der Waals surface area (Å²) in [5.41, 5.74) is 1.95. The van der Waals surface area contributed by atoms with E-state index in [2.05, 4.69) is 16.3 Å². The topological polar surface area (TPSA) is 50.8 Å². The van der Waals surface area contributed by atoms with Crippen LogP contribution in [0.15, 0.2) is 54.6 Å². The van der Waals surface area contributed by atoms with Crippen molar-refractivity contribution in [2.24, 2.45) is 0 Å². The molecule has 1 saturated heterocycles. The number of nitrogens with zero attached hydrogens (tertiary/aromatic N) is 1. The van der Waals surface area contributed by atoms with E-state index in [0.29, 0.717) is 19.4 Å². The van der Waals surface area contributed by atoms with Crippen LogP contribution in [0.4, 0.5) is 11.4 Å². The van der Waals surface area contributed by atoms with Gasteiger partial charge in [-0.2, -0.15) is 0 Å². The van der Waals surface area contributed by atoms with Crippen LogP contribution in [0.25, 0.3) is 0 Å². The van der Waals surface area contributed by atoms with Crippen LogP contribution in [0, 0.1) is 0 Å². The molecule has 1 aliphatic heterocycles. The number of benzene rings is 2. The average molecular weight is 340 g/mol. The van der Waals surface area contributed by atoms with E-state index < -0.39 is 0 Å². The van der Waals surface area contributed by atoms with Gasteiger partial charge in [0.25, 0.3) is 0 Å². The fraction of sp³-hybridized carbons (Fsp3) is 0.350. The Morgan fingerprint density at radius 1 is 1.08 bits per heavy atom. The predicted molar refractivity (Wildman–Crippen MR) is 99.3 cm³/mol. The molecule has 5 nitrogen and oxygen atoms in total. The second-order valence-corrected chi connectivity index (χ2v) is 5.96. The number of carbonyl (C=O) groups is 1. The van der Waals surface area contributed by atoms with E-state index in [1.807, 2.05) is 48.5 Å². The summed E-state index contributed by atoms with van der Waals surface area (Å²) in [7, 11) is 0. The molecule has 0 radical (unpaired) electrons. The average Bonchev–Trinajstić information content (AvgIpc) is 2.67. The highest BCUT2D eigenvalue weighted by molar-refractivity contribution is 5.91. The number of para-hydroxylation sites is 1. The van der Waals surface area contributed by atoms with E-state index in [0.717, 1.165) is 43.4 Å². The third-order valence-electron chi connectivity index (χ3n) is 4.07. The van der Waals surface area contributed by atoms with Crippen LogP contribution in [0.5, 0.6) is 5.75 Å². The lowest BCUT2D eigenvalue weighted by atomic mass is 10.2. The third-order valence-corrected chi connectivity index (χ3v) is 4.07. The molecule has 0 aliphatic carbocycles. The first-order valence-corrected chi connectivity index (χ1v) is 8.72. The monoisotopic (exact) mass is 340 g/mol. The molecule has 1 aliphatic rings. The van der Waals surface area contributed by atoms with Crippen LogP contribution >= 0.6 is 0 Å². The first-order valence-electron chi connectivity index (χ1n) is 8.72. The molecule has 25 heavy (non-hydrogen) atoms. The van der Waals surface area contributed by atoms with Gasteiger partial charge >= 0.3 is 0 Å². The summed E-state index contributed by atoms with van der Waals surface area (Å²) in [5, 5.41) is 2.97. The van der Waals surface area contributed by atoms with Crippen molar-refractivity contribution in [2.45, 2.75) is 12.8 Å². The quantitative estimate of drug-likeness (QED) is 0.786. The zero-order valence-electron chi connectivity index (χ0n) is 14.3. The smallest absolute Gasteiger partial charge is 0.224 e. The highest BCUT2D eigenvalue weighted by Gasteiger charge is 2.12. The van der Waals surface area contributed by atoms with Crippen LogP contribution in [0.3, 0.4) is 0 Å². The van der Waals surface area contributed by atoms with Crippen molar-refractivity contribution in [2.75, 3.05) is 43.1 Å². The van der Waals surface area contributed by atoms with E-state index in [-0.39, 0.29) is 5.91 Å². The number of anilines is 2. The Labute approximate surface area is 148 Å². The van der Waals surface area contributed by atoms with E-state index in [4.69, 9.17) is 9.47 Å². The molecule has 0 bridgehead atoms. The van der Waals surface area contributed by atoms with Gasteiger partial charge in [-0.05, 0) is 36.8 Å². The molecule has 0 atom stereocenters. The molecule has 0 saturated carbocycles. The second kappa shape index (κ2) is 9.08. The van der Waals surface area contributed by atoms with E-state index in [1.54, 1.807) is 0 Å². The third kappa shape index (κ3) is 5.50. The number of amides is 1. The van der Waals surface area contributed by atoms with Gasteiger partial charge in [0.2, 0.25) is 5.91 Å². The lowest BCUT2D eigenvalue weighted by molar-refractivity contribution is -0.116. The molecule has 5 heteroatoms. The molecule has 2 aromatic rings. The SMILES string of the molecule is O=C(CCCOc1ccccc1)Nc1cccc(N2CCOCC2)c1. The van der Waals surface area contributed by atoms with Gasteiger partial charge in [-0.1, -0.05) is 24.3 Å². The fourth-order valence-corrected chi connectivity index (χ4v) is 2.76. The number of nitrogens with one attached hydrogen (secondary N) is 1. The van der Waals surface area contributed by atoms with Gasteiger partial charge in [-0.3, -0.25) is 4.79 Å². The Balaban J connectivity index is 1.43. The molecule has 1 N–H and O–H groups in total. The molecule has 1 amide bonds. The molecule has 2 aromatic carbocycles. The maximum absolute atomic E-state index is 12.1. The van der Waals surface area contributed by atoms with Gasteiger partial charge in [-0.25, -0.2) is 0 Å². The van der Waals surface area contributed by atoms with Crippen molar-refractivity contribution < 1.29 is 14.3 Å². The largest absolute Gasteiger partial charge is 0.494 e. The Bertz CT molecular complexity index is 670. The van der Waals surface area contributed by atoms with Crippen molar-refractivity contribution in [3.63, 3.8) is 0 Å². The van der Waals surface area contributed by atoms with Gasteiger partial charge in [0, 0.05) is 30.9 Å². The van der Waals surface area contributed by atoms with Crippen molar-refractivity contribution in [1.82, 2.24) is 0 Å². The van der Waals surface area contributed by atoms with Crippen molar-refractivity contribution in [3.8, 4) is 5.75 Å². The summed E-state index contributed by atoms with van der Waals surface area (Å²) in [6, 6.07) is 17.6. The molecule has 3 rings (SSSR count). The molecule has 132 valence electrons. The minimum Gasteiger partial charge on any atom is -0.494 e. The standard InChI is InChI=1S/C20H24N2O3/c23-20(10-5-13-25-19-8-2-1-3-9-19)21-17-6-4-7-18(16-17)22-11-14-24-15-12-22/h1-4,6-9,16H,5,10-15H2,(H,21,23). The molecular weight excluding hydrogens is 316 g/mol. The number of carbonyl (C=O) groups excluding carboxylic acids is 1. The van der Waals surface area contributed by atoms with Gasteiger partial charge in [-0.15, -0.1) is 0 Å². The number of morpholine rings is 1. The van der Waals surface area contributed by atoms with Gasteiger partial charge in [0.1, 0.15) is 5.75 Å². The molecule has 1 heterocycles. The van der Waals surface area contributed by atoms with E-state index in [9.17, 15) is 4.79 Å². The van der Waals surface area contributed by atoms with Crippen molar-refractivity contribution >= 4 is 17.3 Å². The molecular formula is C20H24N2O3. The normalized spacial score (nSPS) is 14.2. The minimum atomic E-state index is 0.00999. The Morgan fingerprint density at radius 2 is 1.88 bits per heavy atom. The first-order chi connectivity index (χ1) is 12.3. The summed E-state index contributed by atoms with van der Waals surface area (Å²) in [6.45, 7) is 3.80. The van der Waals surface area contributed by atoms with Gasteiger partial charge < -0.3 is 19.7 Å². The number of rotatable bonds is 7. The van der Waals surface area contributed by atoms with Crippen LogP contribution in [-0.4, -0.2) is 38.8 Å². The lowest BCUT2D eigenvalue weighted by Crippen LogP contribution is -2.36. The maximum atomic E-state index is 12.1. The fourth-order valence-electron chi connectivity index (χ4n) is 2.76. The highest BCUT2D eigenvalue weighted by atomic mass is 16.5. The van der Waals surface area contributed by atoms with Crippen LogP contribution in [0.2, 0.25) is 0 Å². The number of hydrogen-bond acceptors (Lipinski definition) is 4. The van der Waals surface area contributed by atoms with E-state index >= 15 is 0 Å². The highest BCUT2D eigenvalue weighted by Crippen LogP contribution is 2.20. The summed E-state index contributed by atoms with van der Waals surface area (Å²) < 4.78 is 11.0. The Hall–Kier alpha value is -2.53. The van der Waals surface area contributed by atoms with Crippen molar-refractivity contribution in [1.29, 1.82) is 0 Å². The Morgan fingerprint density at radius 3 is 2.68 bits per heavy atom. The minimum absolute atomic E-state index is 0.00999. The summed E-state index contributed by atoms with van der Waals surface area (Å²) >= 11 is 0. The first kappa shape index (κ1) is 17.3.